The third kappa shape index (κ3) is 3.50. The number of ether oxygens (including phenoxy) is 2. The smallest absolute Gasteiger partial charge is 0.395 e. The number of nitrogens with zero attached hydrogens (tertiary/aromatic N) is 4. The summed E-state index contributed by atoms with van der Waals surface area (Å²) in [4.78, 5) is 29.0. The molecule has 8 nitrogen and oxygen atoms in total. The van der Waals surface area contributed by atoms with Gasteiger partial charge in [0.1, 0.15) is 11.5 Å². The lowest BCUT2D eigenvalue weighted by atomic mass is 10.2. The number of pyridine rings is 1. The number of rotatable bonds is 3. The number of fused-ring (bicyclic) bond motifs is 1. The van der Waals surface area contributed by atoms with Crippen LogP contribution in [0.25, 0.3) is 11.5 Å². The van der Waals surface area contributed by atoms with Crippen molar-refractivity contribution in [2.24, 2.45) is 0 Å². The molecule has 0 fully saturated rings. The number of alkyl halides is 2. The summed E-state index contributed by atoms with van der Waals surface area (Å²) in [6, 6.07) is 8.96. The van der Waals surface area contributed by atoms with E-state index in [2.05, 4.69) is 34.7 Å². The molecule has 136 valence electrons. The molecule has 0 atom stereocenters. The van der Waals surface area contributed by atoms with Crippen molar-refractivity contribution in [3.05, 3.63) is 54.0 Å². The van der Waals surface area contributed by atoms with Crippen LogP contribution in [0, 0.1) is 6.92 Å². The molecule has 3 heterocycles. The highest BCUT2D eigenvalue weighted by Gasteiger charge is 2.43. The van der Waals surface area contributed by atoms with Crippen molar-refractivity contribution in [3.8, 4) is 23.0 Å². The standard InChI is InChI=1S/C17H11F2N5O3/c1-9-21-14(11-4-2-3-7-20-11)23-16(22-9)24-15(25)10-5-6-12-13(8-10)27-17(18,19)26-12/h2-8H,1H3,(H,21,22,23,24,25). The number of carbonyl (C=O) groups is 1. The summed E-state index contributed by atoms with van der Waals surface area (Å²) in [5.41, 5.74) is 0.594. The number of anilines is 1. The molecule has 1 N–H and O–H groups in total. The molecular weight excluding hydrogens is 360 g/mol. The third-order valence-electron chi connectivity index (χ3n) is 3.53. The van der Waals surface area contributed by atoms with Crippen molar-refractivity contribution >= 4 is 11.9 Å². The Morgan fingerprint density at radius 1 is 1.07 bits per heavy atom. The molecule has 0 spiro atoms. The van der Waals surface area contributed by atoms with E-state index in [1.165, 1.54) is 12.1 Å². The second-order valence-corrected chi connectivity index (χ2v) is 5.53. The van der Waals surface area contributed by atoms with E-state index in [1.807, 2.05) is 0 Å². The minimum Gasteiger partial charge on any atom is -0.395 e. The minimum atomic E-state index is -3.75. The van der Waals surface area contributed by atoms with Crippen molar-refractivity contribution in [1.82, 2.24) is 19.9 Å². The molecule has 4 rings (SSSR count). The van der Waals surface area contributed by atoms with Crippen LogP contribution in [0.4, 0.5) is 14.7 Å². The van der Waals surface area contributed by atoms with Gasteiger partial charge in [0.2, 0.25) is 5.95 Å². The van der Waals surface area contributed by atoms with Crippen LogP contribution in [-0.4, -0.2) is 32.1 Å². The van der Waals surface area contributed by atoms with E-state index in [1.54, 1.807) is 31.3 Å². The van der Waals surface area contributed by atoms with E-state index >= 15 is 0 Å². The van der Waals surface area contributed by atoms with Crippen LogP contribution in [-0.2, 0) is 0 Å². The van der Waals surface area contributed by atoms with Gasteiger partial charge in [0, 0.05) is 11.8 Å². The number of carbonyl (C=O) groups excluding carboxylic acids is 1. The zero-order valence-corrected chi connectivity index (χ0v) is 13.8. The summed E-state index contributed by atoms with van der Waals surface area (Å²) < 4.78 is 34.8. The Balaban J connectivity index is 1.58. The number of hydrogen-bond acceptors (Lipinski definition) is 7. The van der Waals surface area contributed by atoms with E-state index < -0.39 is 12.2 Å². The molecule has 0 radical (unpaired) electrons. The lowest BCUT2D eigenvalue weighted by Crippen LogP contribution is -2.25. The van der Waals surface area contributed by atoms with Crippen LogP contribution < -0.4 is 14.8 Å². The van der Waals surface area contributed by atoms with Gasteiger partial charge in [-0.05, 0) is 37.3 Å². The summed E-state index contributed by atoms with van der Waals surface area (Å²) in [6.07, 6.45) is -2.16. The van der Waals surface area contributed by atoms with Gasteiger partial charge in [-0.2, -0.15) is 9.97 Å². The van der Waals surface area contributed by atoms with Gasteiger partial charge in [0.15, 0.2) is 17.3 Å². The zero-order valence-electron chi connectivity index (χ0n) is 13.8. The fourth-order valence-electron chi connectivity index (χ4n) is 2.41. The maximum atomic E-state index is 13.1. The number of halogens is 2. The molecule has 1 aliphatic rings. The summed E-state index contributed by atoms with van der Waals surface area (Å²) in [5, 5.41) is 2.51. The van der Waals surface area contributed by atoms with Gasteiger partial charge < -0.3 is 9.47 Å². The predicted octanol–water partition coefficient (Wildman–Crippen LogP) is 2.82. The van der Waals surface area contributed by atoms with Crippen LogP contribution >= 0.6 is 0 Å². The molecule has 2 aromatic heterocycles. The molecule has 3 aromatic rings. The largest absolute Gasteiger partial charge is 0.586 e. The van der Waals surface area contributed by atoms with E-state index in [9.17, 15) is 13.6 Å². The Morgan fingerprint density at radius 3 is 2.67 bits per heavy atom. The quantitative estimate of drug-likeness (QED) is 0.756. The molecule has 0 aliphatic carbocycles. The van der Waals surface area contributed by atoms with Crippen LogP contribution in [0.5, 0.6) is 11.5 Å². The van der Waals surface area contributed by atoms with Crippen LogP contribution in [0.3, 0.4) is 0 Å². The first-order valence-electron chi connectivity index (χ1n) is 7.75. The van der Waals surface area contributed by atoms with Gasteiger partial charge in [-0.3, -0.25) is 15.1 Å². The average molecular weight is 371 g/mol. The number of aryl methyl sites for hydroxylation is 1. The molecule has 10 heteroatoms. The van der Waals surface area contributed by atoms with Crippen molar-refractivity contribution < 1.29 is 23.0 Å². The van der Waals surface area contributed by atoms with E-state index in [0.717, 1.165) is 6.07 Å². The van der Waals surface area contributed by atoms with E-state index in [0.29, 0.717) is 17.3 Å². The first-order chi connectivity index (χ1) is 12.9. The highest BCUT2D eigenvalue weighted by Crippen LogP contribution is 2.41. The number of aromatic nitrogens is 4. The van der Waals surface area contributed by atoms with Gasteiger partial charge in [0.25, 0.3) is 5.91 Å². The highest BCUT2D eigenvalue weighted by atomic mass is 19.3. The van der Waals surface area contributed by atoms with Crippen molar-refractivity contribution in [1.29, 1.82) is 0 Å². The molecule has 1 amide bonds. The Labute approximate surface area is 151 Å². The van der Waals surface area contributed by atoms with Crippen LogP contribution in [0.15, 0.2) is 42.6 Å². The summed E-state index contributed by atoms with van der Waals surface area (Å²) in [5.74, 6) is -0.293. The van der Waals surface area contributed by atoms with Gasteiger partial charge in [-0.15, -0.1) is 8.78 Å². The Kier molecular flexibility index (Phi) is 3.87. The highest BCUT2D eigenvalue weighted by molar-refractivity contribution is 6.03. The first-order valence-corrected chi connectivity index (χ1v) is 7.75. The lowest BCUT2D eigenvalue weighted by molar-refractivity contribution is -0.286. The number of amides is 1. The average Bonchev–Trinajstić information content (AvgIpc) is 2.94. The first kappa shape index (κ1) is 16.8. The van der Waals surface area contributed by atoms with Gasteiger partial charge >= 0.3 is 6.29 Å². The molecular formula is C17H11F2N5O3. The second kappa shape index (κ2) is 6.24. The molecule has 1 aliphatic heterocycles. The topological polar surface area (TPSA) is 99.1 Å². The molecule has 1 aromatic carbocycles. The van der Waals surface area contributed by atoms with Crippen molar-refractivity contribution in [2.45, 2.75) is 13.2 Å². The van der Waals surface area contributed by atoms with Crippen LogP contribution in [0.1, 0.15) is 16.2 Å². The summed E-state index contributed by atoms with van der Waals surface area (Å²) in [7, 11) is 0. The molecule has 0 saturated heterocycles. The Bertz CT molecular complexity index is 1030. The molecule has 27 heavy (non-hydrogen) atoms. The van der Waals surface area contributed by atoms with Gasteiger partial charge in [-0.1, -0.05) is 6.07 Å². The fourth-order valence-corrected chi connectivity index (χ4v) is 2.41. The van der Waals surface area contributed by atoms with Crippen molar-refractivity contribution in [3.63, 3.8) is 0 Å². The van der Waals surface area contributed by atoms with Crippen molar-refractivity contribution in [2.75, 3.05) is 5.32 Å². The number of hydrogen-bond donors (Lipinski definition) is 1. The zero-order chi connectivity index (χ0) is 19.0. The SMILES string of the molecule is Cc1nc(NC(=O)c2ccc3c(c2)OC(F)(F)O3)nc(-c2ccccn2)n1. The Hall–Kier alpha value is -3.69. The van der Waals surface area contributed by atoms with E-state index in [4.69, 9.17) is 0 Å². The second-order valence-electron chi connectivity index (χ2n) is 5.53. The van der Waals surface area contributed by atoms with Gasteiger partial charge in [0.05, 0.1) is 0 Å². The summed E-state index contributed by atoms with van der Waals surface area (Å²) in [6.45, 7) is 1.65. The fraction of sp³-hybridized carbons (Fsp3) is 0.118. The Morgan fingerprint density at radius 2 is 1.89 bits per heavy atom. The third-order valence-corrected chi connectivity index (χ3v) is 3.53. The number of nitrogens with one attached hydrogen (secondary N) is 1. The molecule has 0 saturated carbocycles. The van der Waals surface area contributed by atoms with E-state index in [-0.39, 0.29) is 23.0 Å². The lowest BCUT2D eigenvalue weighted by Gasteiger charge is -2.07. The summed E-state index contributed by atoms with van der Waals surface area (Å²) >= 11 is 0. The number of benzene rings is 1. The monoisotopic (exact) mass is 371 g/mol. The molecule has 0 bridgehead atoms. The van der Waals surface area contributed by atoms with Gasteiger partial charge in [-0.25, -0.2) is 4.98 Å². The van der Waals surface area contributed by atoms with Crippen LogP contribution in [0.2, 0.25) is 0 Å². The normalized spacial score (nSPS) is 14.0. The predicted molar refractivity (Wildman–Crippen MR) is 88.4 cm³/mol. The molecule has 0 unspecified atom stereocenters. The maximum Gasteiger partial charge on any atom is 0.586 e. The minimum absolute atomic E-state index is 0.0103. The maximum absolute atomic E-state index is 13.1.